The molecule has 0 aromatic heterocycles. The van der Waals surface area contributed by atoms with Crippen LogP contribution in [-0.2, 0) is 6.54 Å². The fourth-order valence-corrected chi connectivity index (χ4v) is 2.45. The first-order valence-corrected chi connectivity index (χ1v) is 7.05. The molecule has 2 nitrogen and oxygen atoms in total. The Hall–Kier alpha value is -0.730. The second kappa shape index (κ2) is 7.01. The average molecular weight is 269 g/mol. The third kappa shape index (κ3) is 4.18. The summed E-state index contributed by atoms with van der Waals surface area (Å²) in [6, 6.07) is 6.04. The summed E-state index contributed by atoms with van der Waals surface area (Å²) in [5.41, 5.74) is 8.08. The molecule has 1 rings (SSSR count). The first kappa shape index (κ1) is 15.3. The molecule has 0 atom stereocenters. The number of rotatable bonds is 6. The van der Waals surface area contributed by atoms with E-state index in [1.165, 1.54) is 5.69 Å². The number of nitrogens with two attached hydrogens (primary N) is 1. The molecule has 0 spiro atoms. The van der Waals surface area contributed by atoms with Gasteiger partial charge in [-0.15, -0.1) is 0 Å². The second-order valence-corrected chi connectivity index (χ2v) is 6.04. The number of hydrogen-bond acceptors (Lipinski definition) is 2. The third-order valence-electron chi connectivity index (χ3n) is 2.81. The summed E-state index contributed by atoms with van der Waals surface area (Å²) < 4.78 is 0. The first-order chi connectivity index (χ1) is 8.45. The molecule has 3 heteroatoms. The lowest BCUT2D eigenvalue weighted by Gasteiger charge is -2.30. The SMILES string of the molecule is CC(C)CN(CC(C)C)c1cccc(Cl)c1CN. The van der Waals surface area contributed by atoms with Crippen molar-refractivity contribution in [1.82, 2.24) is 0 Å². The molecule has 1 aromatic rings. The van der Waals surface area contributed by atoms with E-state index in [-0.39, 0.29) is 0 Å². The molecule has 0 aliphatic carbocycles. The molecule has 0 radical (unpaired) electrons. The van der Waals surface area contributed by atoms with Gasteiger partial charge in [-0.2, -0.15) is 0 Å². The monoisotopic (exact) mass is 268 g/mol. The molecule has 0 heterocycles. The van der Waals surface area contributed by atoms with E-state index in [9.17, 15) is 0 Å². The number of halogens is 1. The minimum Gasteiger partial charge on any atom is -0.371 e. The molecule has 2 N–H and O–H groups in total. The number of anilines is 1. The molecule has 18 heavy (non-hydrogen) atoms. The van der Waals surface area contributed by atoms with Crippen LogP contribution in [0.3, 0.4) is 0 Å². The van der Waals surface area contributed by atoms with E-state index < -0.39 is 0 Å². The van der Waals surface area contributed by atoms with Gasteiger partial charge in [-0.05, 0) is 24.0 Å². The van der Waals surface area contributed by atoms with Crippen LogP contribution in [0.1, 0.15) is 33.3 Å². The minimum absolute atomic E-state index is 0.488. The highest BCUT2D eigenvalue weighted by Gasteiger charge is 2.15. The van der Waals surface area contributed by atoms with Crippen molar-refractivity contribution in [2.45, 2.75) is 34.2 Å². The van der Waals surface area contributed by atoms with Crippen molar-refractivity contribution < 1.29 is 0 Å². The van der Waals surface area contributed by atoms with Gasteiger partial charge < -0.3 is 10.6 Å². The zero-order chi connectivity index (χ0) is 13.7. The first-order valence-electron chi connectivity index (χ1n) is 6.68. The molecule has 0 bridgehead atoms. The highest BCUT2D eigenvalue weighted by Crippen LogP contribution is 2.28. The molecule has 0 amide bonds. The van der Waals surface area contributed by atoms with Gasteiger partial charge in [0, 0.05) is 35.9 Å². The number of nitrogens with zero attached hydrogens (tertiary/aromatic N) is 1. The predicted octanol–water partition coefficient (Wildman–Crippen LogP) is 3.92. The smallest absolute Gasteiger partial charge is 0.0471 e. The quantitative estimate of drug-likeness (QED) is 0.847. The Kier molecular flexibility index (Phi) is 5.97. The standard InChI is InChI=1S/C15H25ClN2/c1-11(2)9-18(10-12(3)4)15-7-5-6-14(16)13(15)8-17/h5-7,11-12H,8-10,17H2,1-4H3. The van der Waals surface area contributed by atoms with Gasteiger partial charge in [0.1, 0.15) is 0 Å². The van der Waals surface area contributed by atoms with Crippen molar-refractivity contribution in [2.24, 2.45) is 17.6 Å². The van der Waals surface area contributed by atoms with E-state index in [1.54, 1.807) is 0 Å². The summed E-state index contributed by atoms with van der Waals surface area (Å²) >= 11 is 6.24. The van der Waals surface area contributed by atoms with Crippen molar-refractivity contribution in [3.05, 3.63) is 28.8 Å². The van der Waals surface area contributed by atoms with Crippen LogP contribution in [0.15, 0.2) is 18.2 Å². The van der Waals surface area contributed by atoms with Crippen molar-refractivity contribution in [2.75, 3.05) is 18.0 Å². The normalized spacial score (nSPS) is 11.3. The Morgan fingerprint density at radius 2 is 1.67 bits per heavy atom. The van der Waals surface area contributed by atoms with Crippen LogP contribution < -0.4 is 10.6 Å². The van der Waals surface area contributed by atoms with E-state index in [1.807, 2.05) is 12.1 Å². The van der Waals surface area contributed by atoms with Gasteiger partial charge in [-0.25, -0.2) is 0 Å². The van der Waals surface area contributed by atoms with Gasteiger partial charge in [-0.3, -0.25) is 0 Å². The van der Waals surface area contributed by atoms with Crippen LogP contribution in [0, 0.1) is 11.8 Å². The number of benzene rings is 1. The maximum Gasteiger partial charge on any atom is 0.0471 e. The lowest BCUT2D eigenvalue weighted by Crippen LogP contribution is -2.32. The number of hydrogen-bond donors (Lipinski definition) is 1. The van der Waals surface area contributed by atoms with E-state index in [0.717, 1.165) is 23.7 Å². The molecular weight excluding hydrogens is 244 g/mol. The van der Waals surface area contributed by atoms with E-state index >= 15 is 0 Å². The third-order valence-corrected chi connectivity index (χ3v) is 3.16. The summed E-state index contributed by atoms with van der Waals surface area (Å²) in [5.74, 6) is 1.24. The van der Waals surface area contributed by atoms with Crippen LogP contribution in [0.4, 0.5) is 5.69 Å². The maximum absolute atomic E-state index is 6.24. The summed E-state index contributed by atoms with van der Waals surface area (Å²) in [5, 5.41) is 0.771. The van der Waals surface area contributed by atoms with E-state index in [0.29, 0.717) is 18.4 Å². The van der Waals surface area contributed by atoms with Crippen molar-refractivity contribution in [1.29, 1.82) is 0 Å². The minimum atomic E-state index is 0.488. The molecule has 0 aliphatic heterocycles. The summed E-state index contributed by atoms with van der Waals surface area (Å²) in [4.78, 5) is 2.41. The Balaban J connectivity index is 3.07. The van der Waals surface area contributed by atoms with Crippen molar-refractivity contribution >= 4 is 17.3 Å². The fourth-order valence-electron chi connectivity index (χ4n) is 2.20. The van der Waals surface area contributed by atoms with Crippen LogP contribution in [0.25, 0.3) is 0 Å². The van der Waals surface area contributed by atoms with Crippen LogP contribution in [-0.4, -0.2) is 13.1 Å². The van der Waals surface area contributed by atoms with Crippen LogP contribution in [0.5, 0.6) is 0 Å². The van der Waals surface area contributed by atoms with Crippen LogP contribution >= 0.6 is 11.6 Å². The fraction of sp³-hybridized carbons (Fsp3) is 0.600. The largest absolute Gasteiger partial charge is 0.371 e. The molecule has 0 saturated heterocycles. The topological polar surface area (TPSA) is 29.3 Å². The summed E-state index contributed by atoms with van der Waals surface area (Å²) in [6.45, 7) is 11.5. The Morgan fingerprint density at radius 1 is 1.11 bits per heavy atom. The zero-order valence-corrected chi connectivity index (χ0v) is 12.7. The van der Waals surface area contributed by atoms with Gasteiger partial charge in [0.25, 0.3) is 0 Å². The van der Waals surface area contributed by atoms with Crippen LogP contribution in [0.2, 0.25) is 5.02 Å². The second-order valence-electron chi connectivity index (χ2n) is 5.63. The van der Waals surface area contributed by atoms with Gasteiger partial charge in [-0.1, -0.05) is 45.4 Å². The zero-order valence-electron chi connectivity index (χ0n) is 11.9. The van der Waals surface area contributed by atoms with Crippen molar-refractivity contribution in [3.8, 4) is 0 Å². The molecule has 0 aliphatic rings. The van der Waals surface area contributed by atoms with Gasteiger partial charge in [0.05, 0.1) is 0 Å². The highest BCUT2D eigenvalue weighted by atomic mass is 35.5. The van der Waals surface area contributed by atoms with E-state index in [2.05, 4.69) is 38.7 Å². The molecule has 0 fully saturated rings. The lowest BCUT2D eigenvalue weighted by molar-refractivity contribution is 0.551. The summed E-state index contributed by atoms with van der Waals surface area (Å²) in [6.07, 6.45) is 0. The Labute approximate surface area is 116 Å². The highest BCUT2D eigenvalue weighted by molar-refractivity contribution is 6.31. The maximum atomic E-state index is 6.24. The molecular formula is C15H25ClN2. The molecule has 1 aromatic carbocycles. The van der Waals surface area contributed by atoms with Crippen molar-refractivity contribution in [3.63, 3.8) is 0 Å². The Morgan fingerprint density at radius 3 is 2.11 bits per heavy atom. The lowest BCUT2D eigenvalue weighted by atomic mass is 10.1. The van der Waals surface area contributed by atoms with Gasteiger partial charge >= 0.3 is 0 Å². The summed E-state index contributed by atoms with van der Waals surface area (Å²) in [7, 11) is 0. The molecule has 0 unspecified atom stereocenters. The van der Waals surface area contributed by atoms with Gasteiger partial charge in [0.15, 0.2) is 0 Å². The van der Waals surface area contributed by atoms with E-state index in [4.69, 9.17) is 17.3 Å². The average Bonchev–Trinajstić information content (AvgIpc) is 2.26. The Bertz CT molecular complexity index is 365. The predicted molar refractivity (Wildman–Crippen MR) is 81.2 cm³/mol. The molecule has 0 saturated carbocycles. The molecule has 102 valence electrons. The van der Waals surface area contributed by atoms with Gasteiger partial charge in [0.2, 0.25) is 0 Å².